The Morgan fingerprint density at radius 2 is 1.75 bits per heavy atom. The summed E-state index contributed by atoms with van der Waals surface area (Å²) >= 11 is 0. The second-order valence-electron chi connectivity index (χ2n) is 8.22. The van der Waals surface area contributed by atoms with E-state index in [1.54, 1.807) is 14.2 Å². The maximum Gasteiger partial charge on any atom is 0.235 e. The van der Waals surface area contributed by atoms with Crippen LogP contribution >= 0.6 is 0 Å². The van der Waals surface area contributed by atoms with Gasteiger partial charge in [0, 0.05) is 18.3 Å². The van der Waals surface area contributed by atoms with Crippen LogP contribution < -0.4 is 19.5 Å². The number of hydrogen-bond acceptors (Lipinski definition) is 5. The summed E-state index contributed by atoms with van der Waals surface area (Å²) < 4.78 is 16.9. The molecule has 174 valence electrons. The van der Waals surface area contributed by atoms with Crippen LogP contribution in [0.1, 0.15) is 45.1 Å². The second kappa shape index (κ2) is 11.2. The minimum absolute atomic E-state index is 0.0162. The first-order valence-corrected chi connectivity index (χ1v) is 11.6. The molecule has 0 radical (unpaired) electrons. The Hall–Kier alpha value is -2.73. The van der Waals surface area contributed by atoms with Crippen LogP contribution in [0.15, 0.2) is 42.5 Å². The molecule has 6 heteroatoms. The van der Waals surface area contributed by atoms with Gasteiger partial charge in [0.1, 0.15) is 12.4 Å². The summed E-state index contributed by atoms with van der Waals surface area (Å²) in [6.45, 7) is 7.65. The molecular formula is C26H36N2O4. The zero-order chi connectivity index (χ0) is 23.0. The lowest BCUT2D eigenvalue weighted by Gasteiger charge is -2.29. The van der Waals surface area contributed by atoms with Crippen molar-refractivity contribution in [3.63, 3.8) is 0 Å². The van der Waals surface area contributed by atoms with Gasteiger partial charge in [-0.3, -0.25) is 4.79 Å². The number of methoxy groups -OCH3 is 2. The van der Waals surface area contributed by atoms with Crippen LogP contribution in [0.3, 0.4) is 0 Å². The molecule has 2 aromatic rings. The number of nitrogens with one attached hydrogen (secondary N) is 1. The number of ether oxygens (including phenoxy) is 3. The maximum absolute atomic E-state index is 13.6. The molecule has 1 N–H and O–H groups in total. The number of rotatable bonds is 11. The predicted octanol–water partition coefficient (Wildman–Crippen LogP) is 4.87. The highest BCUT2D eigenvalue weighted by Crippen LogP contribution is 2.43. The quantitative estimate of drug-likeness (QED) is 0.540. The second-order valence-corrected chi connectivity index (χ2v) is 8.22. The van der Waals surface area contributed by atoms with E-state index in [1.807, 2.05) is 42.5 Å². The lowest BCUT2D eigenvalue weighted by atomic mass is 9.78. The average Bonchev–Trinajstić information content (AvgIpc) is 3.33. The van der Waals surface area contributed by atoms with E-state index in [-0.39, 0.29) is 5.91 Å². The van der Waals surface area contributed by atoms with Gasteiger partial charge in [0.25, 0.3) is 0 Å². The van der Waals surface area contributed by atoms with E-state index in [4.69, 9.17) is 14.2 Å². The van der Waals surface area contributed by atoms with Crippen LogP contribution in [0.2, 0.25) is 0 Å². The summed E-state index contributed by atoms with van der Waals surface area (Å²) in [4.78, 5) is 15.9. The summed E-state index contributed by atoms with van der Waals surface area (Å²) in [7, 11) is 3.28. The predicted molar refractivity (Wildman–Crippen MR) is 128 cm³/mol. The Morgan fingerprint density at radius 3 is 2.41 bits per heavy atom. The number of amides is 1. The monoisotopic (exact) mass is 440 g/mol. The molecule has 3 rings (SSSR count). The molecule has 0 saturated heterocycles. The van der Waals surface area contributed by atoms with Crippen molar-refractivity contribution < 1.29 is 19.0 Å². The molecule has 0 bridgehead atoms. The molecule has 0 unspecified atom stereocenters. The molecule has 0 atom stereocenters. The van der Waals surface area contributed by atoms with Crippen LogP contribution in [0, 0.1) is 0 Å². The van der Waals surface area contributed by atoms with Gasteiger partial charge in [0.15, 0.2) is 11.5 Å². The van der Waals surface area contributed by atoms with Crippen molar-refractivity contribution in [1.82, 2.24) is 4.90 Å². The standard InChI is InChI=1S/C26H36N2O4/c1-5-28(6-2)16-17-32-24-19-21(12-13-23(24)31-4)27-25(29)26(14-7-8-15-26)20-10-9-11-22(18-20)30-3/h9-13,18-19H,5-8,14-17H2,1-4H3,(H,27,29). The first kappa shape index (κ1) is 23.9. The van der Waals surface area contributed by atoms with Gasteiger partial charge >= 0.3 is 0 Å². The molecule has 2 aromatic carbocycles. The molecule has 1 aliphatic carbocycles. The van der Waals surface area contributed by atoms with E-state index >= 15 is 0 Å². The zero-order valence-electron chi connectivity index (χ0n) is 19.8. The Labute approximate surface area is 191 Å². The van der Waals surface area contributed by atoms with Gasteiger partial charge in [0.2, 0.25) is 5.91 Å². The van der Waals surface area contributed by atoms with Crippen LogP contribution in [0.5, 0.6) is 17.2 Å². The summed E-state index contributed by atoms with van der Waals surface area (Å²) in [6.07, 6.45) is 3.73. The van der Waals surface area contributed by atoms with E-state index in [2.05, 4.69) is 24.1 Å². The van der Waals surface area contributed by atoms with E-state index < -0.39 is 5.41 Å². The molecule has 6 nitrogen and oxygen atoms in total. The molecule has 0 aliphatic heterocycles. The van der Waals surface area contributed by atoms with Crippen LogP contribution in [0.4, 0.5) is 5.69 Å². The van der Waals surface area contributed by atoms with Gasteiger partial charge in [-0.05, 0) is 55.8 Å². The zero-order valence-corrected chi connectivity index (χ0v) is 19.8. The molecule has 0 heterocycles. The molecule has 0 aromatic heterocycles. The number of nitrogens with zero attached hydrogens (tertiary/aromatic N) is 1. The topological polar surface area (TPSA) is 60.0 Å². The fourth-order valence-corrected chi connectivity index (χ4v) is 4.49. The van der Waals surface area contributed by atoms with Gasteiger partial charge in [-0.2, -0.15) is 0 Å². The summed E-state index contributed by atoms with van der Waals surface area (Å²) in [6, 6.07) is 13.4. The van der Waals surface area contributed by atoms with Crippen molar-refractivity contribution in [1.29, 1.82) is 0 Å². The Bertz CT molecular complexity index is 889. The third kappa shape index (κ3) is 5.36. The summed E-state index contributed by atoms with van der Waals surface area (Å²) in [5.41, 5.74) is 1.18. The lowest BCUT2D eigenvalue weighted by molar-refractivity contribution is -0.121. The first-order valence-electron chi connectivity index (χ1n) is 11.6. The number of likely N-dealkylation sites (N-methyl/N-ethyl adjacent to an activating group) is 1. The van der Waals surface area contributed by atoms with Crippen molar-refractivity contribution in [2.24, 2.45) is 0 Å². The minimum atomic E-state index is -0.543. The first-order chi connectivity index (χ1) is 15.6. The molecule has 1 saturated carbocycles. The summed E-state index contributed by atoms with van der Waals surface area (Å²) in [5, 5.41) is 3.15. The lowest BCUT2D eigenvalue weighted by Crippen LogP contribution is -2.38. The van der Waals surface area contributed by atoms with Gasteiger partial charge < -0.3 is 24.4 Å². The van der Waals surface area contributed by atoms with Crippen molar-refractivity contribution in [3.8, 4) is 17.2 Å². The van der Waals surface area contributed by atoms with Crippen LogP contribution in [0.25, 0.3) is 0 Å². The molecule has 32 heavy (non-hydrogen) atoms. The minimum Gasteiger partial charge on any atom is -0.497 e. The van der Waals surface area contributed by atoms with Crippen molar-refractivity contribution in [2.45, 2.75) is 44.9 Å². The number of carbonyl (C=O) groups excluding carboxylic acids is 1. The van der Waals surface area contributed by atoms with E-state index in [0.29, 0.717) is 23.8 Å². The van der Waals surface area contributed by atoms with Crippen LogP contribution in [-0.2, 0) is 10.2 Å². The van der Waals surface area contributed by atoms with Gasteiger partial charge in [-0.1, -0.05) is 38.8 Å². The number of anilines is 1. The SMILES string of the molecule is CCN(CC)CCOc1cc(NC(=O)C2(c3cccc(OC)c3)CCCC2)ccc1OC. The van der Waals surface area contributed by atoms with Gasteiger partial charge in [-0.15, -0.1) is 0 Å². The van der Waals surface area contributed by atoms with Crippen molar-refractivity contribution in [3.05, 3.63) is 48.0 Å². The highest BCUT2D eigenvalue weighted by Gasteiger charge is 2.43. The van der Waals surface area contributed by atoms with E-state index in [9.17, 15) is 4.79 Å². The molecule has 1 amide bonds. The Kier molecular flexibility index (Phi) is 8.39. The fourth-order valence-electron chi connectivity index (χ4n) is 4.49. The highest BCUT2D eigenvalue weighted by atomic mass is 16.5. The largest absolute Gasteiger partial charge is 0.497 e. The van der Waals surface area contributed by atoms with Crippen molar-refractivity contribution in [2.75, 3.05) is 45.8 Å². The average molecular weight is 441 g/mol. The smallest absolute Gasteiger partial charge is 0.235 e. The molecule has 1 aliphatic rings. The van der Waals surface area contributed by atoms with Crippen molar-refractivity contribution >= 4 is 11.6 Å². The Morgan fingerprint density at radius 1 is 1.00 bits per heavy atom. The molecule has 1 fully saturated rings. The third-order valence-electron chi connectivity index (χ3n) is 6.50. The van der Waals surface area contributed by atoms with E-state index in [1.165, 1.54) is 0 Å². The molecule has 0 spiro atoms. The maximum atomic E-state index is 13.6. The molecular weight excluding hydrogens is 404 g/mol. The van der Waals surface area contributed by atoms with Gasteiger partial charge in [0.05, 0.1) is 19.6 Å². The number of hydrogen-bond donors (Lipinski definition) is 1. The highest BCUT2D eigenvalue weighted by molar-refractivity contribution is 5.99. The number of carbonyl (C=O) groups is 1. The van der Waals surface area contributed by atoms with E-state index in [0.717, 1.165) is 56.6 Å². The van der Waals surface area contributed by atoms with Crippen LogP contribution in [-0.4, -0.2) is 51.3 Å². The van der Waals surface area contributed by atoms with Gasteiger partial charge in [-0.25, -0.2) is 0 Å². The fraction of sp³-hybridized carbons (Fsp3) is 0.500. The number of benzene rings is 2. The summed E-state index contributed by atoms with van der Waals surface area (Å²) in [5.74, 6) is 2.09. The normalized spacial score (nSPS) is 14.9. The third-order valence-corrected chi connectivity index (χ3v) is 6.50. The Balaban J connectivity index is 1.78.